The Bertz CT molecular complexity index is 1650. The molecule has 2 aliphatic rings. The van der Waals surface area contributed by atoms with Gasteiger partial charge in [0.2, 0.25) is 0 Å². The van der Waals surface area contributed by atoms with Gasteiger partial charge in [0.05, 0.1) is 33.6 Å². The Morgan fingerprint density at radius 3 is 2.35 bits per heavy atom. The second-order valence-electron chi connectivity index (χ2n) is 9.90. The largest absolute Gasteiger partial charge is 0.349 e. The summed E-state index contributed by atoms with van der Waals surface area (Å²) in [5.41, 5.74) is 5.98. The molecule has 1 unspecified atom stereocenters. The highest BCUT2D eigenvalue weighted by Gasteiger charge is 2.45. The van der Waals surface area contributed by atoms with Crippen LogP contribution in [0.15, 0.2) is 94.9 Å². The van der Waals surface area contributed by atoms with E-state index in [1.54, 1.807) is 0 Å². The Morgan fingerprint density at radius 2 is 1.62 bits per heavy atom. The molecule has 3 aromatic carbocycles. The van der Waals surface area contributed by atoms with Gasteiger partial charge < -0.3 is 9.99 Å². The topological polar surface area (TPSA) is 45.5 Å². The number of hydrogen-bond acceptors (Lipinski definition) is 4. The summed E-state index contributed by atoms with van der Waals surface area (Å²) in [6.45, 7) is 6.54. The molecule has 2 aliphatic heterocycles. The quantitative estimate of drug-likeness (QED) is 0.275. The summed E-state index contributed by atoms with van der Waals surface area (Å²) >= 11 is 13.4. The molecule has 37 heavy (non-hydrogen) atoms. The number of anilines is 2. The lowest BCUT2D eigenvalue weighted by molar-refractivity contribution is 0.639. The van der Waals surface area contributed by atoms with Crippen molar-refractivity contribution in [1.82, 2.24) is 9.78 Å². The molecule has 6 rings (SSSR count). The van der Waals surface area contributed by atoms with Gasteiger partial charge in [-0.15, -0.1) is 0 Å². The smallest absolute Gasteiger partial charge is 0.166 e. The van der Waals surface area contributed by atoms with Gasteiger partial charge in [-0.2, -0.15) is 5.10 Å². The van der Waals surface area contributed by atoms with Crippen molar-refractivity contribution < 1.29 is 0 Å². The SMILES string of the molecule is Cc1nn(-c2ccccc2)c2c1P(=S)(Nc1ccccc1Cl)C(=C1N(C)c3ccccc3C1(C)C)C=N2. The Labute approximate surface area is 227 Å². The molecule has 1 N–H and O–H groups in total. The Morgan fingerprint density at radius 1 is 0.946 bits per heavy atom. The molecule has 0 saturated heterocycles. The van der Waals surface area contributed by atoms with E-state index in [4.69, 9.17) is 33.5 Å². The van der Waals surface area contributed by atoms with Crippen LogP contribution in [0.25, 0.3) is 5.69 Å². The standard InChI is InChI=1S/C29H27ClN5PS/c1-19-26-28(35(32-19)20-12-6-5-7-13-20)31-18-25(36(26,37)33-23-16-10-9-15-22(23)30)27-29(2,3)21-14-8-11-17-24(21)34(27)4/h5-18H,1-4H3,(H,33,37). The third-order valence-corrected chi connectivity index (χ3v) is 11.7. The zero-order valence-electron chi connectivity index (χ0n) is 21.1. The summed E-state index contributed by atoms with van der Waals surface area (Å²) in [5.74, 6) is 0.770. The van der Waals surface area contributed by atoms with E-state index >= 15 is 0 Å². The second-order valence-corrected chi connectivity index (χ2v) is 14.3. The molecule has 4 aromatic rings. The number of aromatic nitrogens is 2. The summed E-state index contributed by atoms with van der Waals surface area (Å²) in [7, 11) is 2.12. The van der Waals surface area contributed by atoms with E-state index in [9.17, 15) is 0 Å². The van der Waals surface area contributed by atoms with Gasteiger partial charge >= 0.3 is 0 Å². The number of allylic oxidation sites excluding steroid dienone is 2. The molecule has 186 valence electrons. The van der Waals surface area contributed by atoms with E-state index in [2.05, 4.69) is 55.1 Å². The van der Waals surface area contributed by atoms with Crippen LogP contribution in [0.2, 0.25) is 5.02 Å². The van der Waals surface area contributed by atoms with Crippen molar-refractivity contribution in [3.63, 3.8) is 0 Å². The highest BCUT2D eigenvalue weighted by atomic mass is 35.5. The summed E-state index contributed by atoms with van der Waals surface area (Å²) in [4.78, 5) is 7.29. The predicted molar refractivity (Wildman–Crippen MR) is 160 cm³/mol. The van der Waals surface area contributed by atoms with Gasteiger partial charge in [0.15, 0.2) is 5.82 Å². The van der Waals surface area contributed by atoms with Gasteiger partial charge in [-0.05, 0) is 42.8 Å². The van der Waals surface area contributed by atoms with E-state index in [0.717, 1.165) is 39.2 Å². The molecule has 1 aromatic heterocycles. The zero-order chi connectivity index (χ0) is 25.9. The Balaban J connectivity index is 1.65. The van der Waals surface area contributed by atoms with Crippen LogP contribution in [0.3, 0.4) is 0 Å². The van der Waals surface area contributed by atoms with Crippen LogP contribution in [0.1, 0.15) is 25.1 Å². The average Bonchev–Trinajstić information content (AvgIpc) is 3.34. The van der Waals surface area contributed by atoms with Gasteiger partial charge in [-0.25, -0.2) is 9.67 Å². The van der Waals surface area contributed by atoms with Crippen molar-refractivity contribution in [2.45, 2.75) is 26.2 Å². The Kier molecular flexibility index (Phi) is 5.68. The van der Waals surface area contributed by atoms with E-state index in [0.29, 0.717) is 5.02 Å². The van der Waals surface area contributed by atoms with E-state index in [1.807, 2.05) is 72.4 Å². The molecule has 5 nitrogen and oxygen atoms in total. The molecule has 0 amide bonds. The van der Waals surface area contributed by atoms with Crippen LogP contribution >= 0.6 is 17.8 Å². The third kappa shape index (κ3) is 3.62. The van der Waals surface area contributed by atoms with E-state index in [-0.39, 0.29) is 5.41 Å². The second kappa shape index (κ2) is 8.70. The van der Waals surface area contributed by atoms with Gasteiger partial charge in [-0.3, -0.25) is 0 Å². The number of hydrogen-bond donors (Lipinski definition) is 1. The molecule has 1 atom stereocenters. The van der Waals surface area contributed by atoms with Crippen LogP contribution in [0.5, 0.6) is 0 Å². The maximum absolute atomic E-state index is 6.74. The van der Waals surface area contributed by atoms with Crippen LogP contribution in [0, 0.1) is 6.92 Å². The summed E-state index contributed by atoms with van der Waals surface area (Å²) in [6.07, 6.45) is -0.725. The molecule has 8 heteroatoms. The summed E-state index contributed by atoms with van der Waals surface area (Å²) in [6, 6.07) is 26.4. The van der Waals surface area contributed by atoms with E-state index < -0.39 is 6.19 Å². The maximum atomic E-state index is 6.74. The number of nitrogens with one attached hydrogen (secondary N) is 1. The van der Waals surface area contributed by atoms with Gasteiger partial charge in [0, 0.05) is 35.4 Å². The summed E-state index contributed by atoms with van der Waals surface area (Å²) in [5, 5.41) is 11.3. The first-order chi connectivity index (χ1) is 17.7. The normalized spacial score (nSPS) is 21.6. The lowest BCUT2D eigenvalue weighted by atomic mass is 9.84. The fourth-order valence-electron chi connectivity index (χ4n) is 5.57. The minimum absolute atomic E-state index is 0.264. The number of nitrogens with zero attached hydrogens (tertiary/aromatic N) is 4. The number of aliphatic imine (C=N–C) groups is 1. The molecule has 0 spiro atoms. The predicted octanol–water partition coefficient (Wildman–Crippen LogP) is 7.32. The van der Waals surface area contributed by atoms with Crippen LogP contribution in [-0.2, 0) is 17.2 Å². The molecular formula is C29H27ClN5PS. The third-order valence-electron chi connectivity index (χ3n) is 7.23. The minimum Gasteiger partial charge on any atom is -0.349 e. The molecule has 0 saturated carbocycles. The lowest BCUT2D eigenvalue weighted by Crippen LogP contribution is -2.29. The number of likely N-dealkylation sites (N-methyl/N-ethyl adjacent to an activating group) is 1. The maximum Gasteiger partial charge on any atom is 0.166 e. The lowest BCUT2D eigenvalue weighted by Gasteiger charge is -2.35. The molecular weight excluding hydrogens is 517 g/mol. The fraction of sp³-hybridized carbons (Fsp3) is 0.172. The number of fused-ring (bicyclic) bond motifs is 2. The Hall–Kier alpha value is -3.18. The number of aryl methyl sites for hydroxylation is 1. The first kappa shape index (κ1) is 24.2. The van der Waals surface area contributed by atoms with Crippen molar-refractivity contribution in [2.75, 3.05) is 17.0 Å². The molecule has 0 bridgehead atoms. The van der Waals surface area contributed by atoms with Crippen LogP contribution in [0.4, 0.5) is 17.2 Å². The average molecular weight is 544 g/mol. The number of benzene rings is 3. The van der Waals surface area contributed by atoms with Crippen LogP contribution < -0.4 is 15.3 Å². The van der Waals surface area contributed by atoms with Crippen molar-refractivity contribution in [3.05, 3.63) is 106 Å². The minimum atomic E-state index is -2.69. The highest BCUT2D eigenvalue weighted by molar-refractivity contribution is 8.21. The van der Waals surface area contributed by atoms with Crippen molar-refractivity contribution in [2.24, 2.45) is 4.99 Å². The fourth-order valence-corrected chi connectivity index (χ4v) is 10.0. The monoisotopic (exact) mass is 543 g/mol. The van der Waals surface area contributed by atoms with Crippen molar-refractivity contribution in [1.29, 1.82) is 0 Å². The van der Waals surface area contributed by atoms with Gasteiger partial charge in [0.1, 0.15) is 0 Å². The highest BCUT2D eigenvalue weighted by Crippen LogP contribution is 2.62. The molecule has 0 fully saturated rings. The van der Waals surface area contributed by atoms with Crippen molar-refractivity contribution >= 4 is 58.3 Å². The number of para-hydroxylation sites is 3. The first-order valence-corrected chi connectivity index (χ1v) is 15.3. The van der Waals surface area contributed by atoms with Gasteiger partial charge in [0.25, 0.3) is 0 Å². The van der Waals surface area contributed by atoms with Crippen molar-refractivity contribution in [3.8, 4) is 5.69 Å². The zero-order valence-corrected chi connectivity index (χ0v) is 23.6. The first-order valence-electron chi connectivity index (χ1n) is 12.1. The van der Waals surface area contributed by atoms with E-state index in [1.165, 1.54) is 11.3 Å². The summed E-state index contributed by atoms with van der Waals surface area (Å²) < 4.78 is 1.90. The number of rotatable bonds is 3. The van der Waals surface area contributed by atoms with Gasteiger partial charge in [-0.1, -0.05) is 85.8 Å². The molecule has 0 radical (unpaired) electrons. The molecule has 0 aliphatic carbocycles. The van der Waals surface area contributed by atoms with Crippen LogP contribution in [-0.4, -0.2) is 23.0 Å². The molecule has 3 heterocycles. The number of halogens is 1.